The summed E-state index contributed by atoms with van der Waals surface area (Å²) in [6.45, 7) is 0.827. The third-order valence-corrected chi connectivity index (χ3v) is 4.92. The molecule has 0 aliphatic carbocycles. The molecule has 1 aliphatic heterocycles. The van der Waals surface area contributed by atoms with E-state index in [4.69, 9.17) is 9.47 Å². The van der Waals surface area contributed by atoms with Gasteiger partial charge < -0.3 is 14.4 Å². The number of hydrogen-bond donors (Lipinski definition) is 0. The maximum atomic E-state index is 12.9. The molecule has 4 nitrogen and oxygen atoms in total. The van der Waals surface area contributed by atoms with Crippen molar-refractivity contribution in [2.75, 3.05) is 27.8 Å². The summed E-state index contributed by atoms with van der Waals surface area (Å²) in [5, 5.41) is 0. The fourth-order valence-corrected chi connectivity index (χ4v) is 3.58. The lowest BCUT2D eigenvalue weighted by molar-refractivity contribution is -0.130. The molecule has 1 atom stereocenters. The minimum absolute atomic E-state index is 0.135. The predicted molar refractivity (Wildman–Crippen MR) is 99.2 cm³/mol. The van der Waals surface area contributed by atoms with Gasteiger partial charge in [-0.2, -0.15) is 0 Å². The first kappa shape index (κ1) is 17.3. The van der Waals surface area contributed by atoms with E-state index in [1.807, 2.05) is 48.3 Å². The molecular formula is C21H25NO3. The van der Waals surface area contributed by atoms with Gasteiger partial charge in [0.05, 0.1) is 20.1 Å². The molecule has 1 aliphatic rings. The number of carbonyl (C=O) groups excluding carboxylic acids is 1. The summed E-state index contributed by atoms with van der Waals surface area (Å²) >= 11 is 0. The summed E-state index contributed by atoms with van der Waals surface area (Å²) in [5.74, 6) is 1.63. The van der Waals surface area contributed by atoms with Crippen LogP contribution in [0.5, 0.6) is 11.5 Å². The second-order valence-electron chi connectivity index (χ2n) is 6.46. The first-order valence-corrected chi connectivity index (χ1v) is 8.72. The Bertz CT molecular complexity index is 757. The second kappa shape index (κ2) is 7.60. The van der Waals surface area contributed by atoms with Crippen molar-refractivity contribution in [1.82, 2.24) is 4.90 Å². The van der Waals surface area contributed by atoms with Crippen LogP contribution in [-0.4, -0.2) is 38.6 Å². The third kappa shape index (κ3) is 3.48. The van der Waals surface area contributed by atoms with Gasteiger partial charge in [-0.05, 0) is 42.2 Å². The van der Waals surface area contributed by atoms with Crippen molar-refractivity contribution < 1.29 is 14.3 Å². The molecule has 4 heteroatoms. The number of rotatable bonds is 4. The van der Waals surface area contributed by atoms with Crippen molar-refractivity contribution in [2.45, 2.75) is 25.2 Å². The molecule has 2 aromatic rings. The highest BCUT2D eigenvalue weighted by molar-refractivity contribution is 5.88. The number of hydrogen-bond acceptors (Lipinski definition) is 3. The van der Waals surface area contributed by atoms with Crippen molar-refractivity contribution in [3.05, 3.63) is 48.0 Å². The van der Waals surface area contributed by atoms with Crippen LogP contribution in [0.1, 0.15) is 30.7 Å². The van der Waals surface area contributed by atoms with Crippen LogP contribution in [0.25, 0.3) is 11.1 Å². The van der Waals surface area contributed by atoms with E-state index in [2.05, 4.69) is 6.07 Å². The van der Waals surface area contributed by atoms with Crippen molar-refractivity contribution in [3.8, 4) is 22.6 Å². The number of amides is 1. The Morgan fingerprint density at radius 2 is 1.84 bits per heavy atom. The maximum Gasteiger partial charge on any atom is 0.229 e. The lowest BCUT2D eigenvalue weighted by Gasteiger charge is -2.23. The van der Waals surface area contributed by atoms with E-state index in [-0.39, 0.29) is 11.8 Å². The molecule has 0 bridgehead atoms. The summed E-state index contributed by atoms with van der Waals surface area (Å²) in [5.41, 5.74) is 3.02. The smallest absolute Gasteiger partial charge is 0.229 e. The Balaban J connectivity index is 2.15. The van der Waals surface area contributed by atoms with Crippen molar-refractivity contribution >= 4 is 5.91 Å². The molecule has 3 rings (SSSR count). The lowest BCUT2D eigenvalue weighted by Crippen LogP contribution is -2.30. The molecule has 25 heavy (non-hydrogen) atoms. The minimum Gasteiger partial charge on any atom is -0.497 e. The molecule has 2 aromatic carbocycles. The molecule has 0 N–H and O–H groups in total. The van der Waals surface area contributed by atoms with Crippen LogP contribution in [0.3, 0.4) is 0 Å². The van der Waals surface area contributed by atoms with Gasteiger partial charge in [-0.25, -0.2) is 0 Å². The van der Waals surface area contributed by atoms with E-state index in [1.54, 1.807) is 14.2 Å². The summed E-state index contributed by atoms with van der Waals surface area (Å²) in [4.78, 5) is 14.8. The van der Waals surface area contributed by atoms with Crippen molar-refractivity contribution in [1.29, 1.82) is 0 Å². The van der Waals surface area contributed by atoms with Gasteiger partial charge in [0.1, 0.15) is 11.5 Å². The molecule has 1 heterocycles. The average Bonchev–Trinajstić information content (AvgIpc) is 2.82. The monoisotopic (exact) mass is 339 g/mol. The van der Waals surface area contributed by atoms with Gasteiger partial charge in [0.15, 0.2) is 0 Å². The largest absolute Gasteiger partial charge is 0.497 e. The molecule has 132 valence electrons. The highest BCUT2D eigenvalue weighted by Gasteiger charge is 2.29. The predicted octanol–water partition coefficient (Wildman–Crippen LogP) is 4.10. The second-order valence-corrected chi connectivity index (χ2v) is 6.46. The number of ether oxygens (including phenoxy) is 2. The molecular weight excluding hydrogens is 314 g/mol. The number of likely N-dealkylation sites (N-methyl/N-ethyl adjacent to an activating group) is 1. The van der Waals surface area contributed by atoms with Crippen LogP contribution >= 0.6 is 0 Å². The molecule has 1 fully saturated rings. The number of benzene rings is 2. The Labute approximate surface area is 149 Å². The van der Waals surface area contributed by atoms with E-state index in [1.165, 1.54) is 0 Å². The topological polar surface area (TPSA) is 38.8 Å². The zero-order valence-electron chi connectivity index (χ0n) is 15.1. The van der Waals surface area contributed by atoms with E-state index in [0.29, 0.717) is 0 Å². The number of likely N-dealkylation sites (tertiary alicyclic amines) is 1. The van der Waals surface area contributed by atoms with Crippen LogP contribution in [0.15, 0.2) is 42.5 Å². The van der Waals surface area contributed by atoms with Gasteiger partial charge in [-0.3, -0.25) is 4.79 Å². The van der Waals surface area contributed by atoms with Gasteiger partial charge >= 0.3 is 0 Å². The van der Waals surface area contributed by atoms with Crippen LogP contribution in [0.2, 0.25) is 0 Å². The van der Waals surface area contributed by atoms with Crippen molar-refractivity contribution in [3.63, 3.8) is 0 Å². The van der Waals surface area contributed by atoms with Gasteiger partial charge in [-0.15, -0.1) is 0 Å². The van der Waals surface area contributed by atoms with Crippen LogP contribution in [0, 0.1) is 0 Å². The molecule has 1 saturated heterocycles. The summed E-state index contributed by atoms with van der Waals surface area (Å²) in [6, 6.07) is 13.9. The van der Waals surface area contributed by atoms with E-state index in [9.17, 15) is 4.79 Å². The Morgan fingerprint density at radius 1 is 1.04 bits per heavy atom. The minimum atomic E-state index is -0.135. The zero-order chi connectivity index (χ0) is 17.8. The molecule has 1 amide bonds. The summed E-state index contributed by atoms with van der Waals surface area (Å²) in [7, 11) is 5.22. The first-order chi connectivity index (χ1) is 12.2. The molecule has 0 radical (unpaired) electrons. The first-order valence-electron chi connectivity index (χ1n) is 8.72. The van der Waals surface area contributed by atoms with Gasteiger partial charge in [-0.1, -0.05) is 30.7 Å². The maximum absolute atomic E-state index is 12.9. The average molecular weight is 339 g/mol. The summed E-state index contributed by atoms with van der Waals surface area (Å²) in [6.07, 6.45) is 2.97. The molecule has 0 spiro atoms. The fraction of sp³-hybridized carbons (Fsp3) is 0.381. The SMILES string of the molecule is COc1cccc(-c2c(OC)cccc2[C@H]2CCCCN(C)C2=O)c1. The highest BCUT2D eigenvalue weighted by Crippen LogP contribution is 2.41. The Kier molecular flexibility index (Phi) is 5.27. The fourth-order valence-electron chi connectivity index (χ4n) is 3.58. The van der Waals surface area contributed by atoms with Crippen LogP contribution in [-0.2, 0) is 4.79 Å². The van der Waals surface area contributed by atoms with Gasteiger partial charge in [0, 0.05) is 19.2 Å². The normalized spacial score (nSPS) is 18.0. The van der Waals surface area contributed by atoms with Crippen molar-refractivity contribution in [2.24, 2.45) is 0 Å². The van der Waals surface area contributed by atoms with Gasteiger partial charge in [0.25, 0.3) is 0 Å². The van der Waals surface area contributed by atoms with E-state index in [0.717, 1.165) is 54.0 Å². The molecule has 0 saturated carbocycles. The molecule has 0 aromatic heterocycles. The Morgan fingerprint density at radius 3 is 2.60 bits per heavy atom. The van der Waals surface area contributed by atoms with Crippen LogP contribution in [0.4, 0.5) is 0 Å². The summed E-state index contributed by atoms with van der Waals surface area (Å²) < 4.78 is 11.0. The number of carbonyl (C=O) groups is 1. The zero-order valence-corrected chi connectivity index (χ0v) is 15.1. The van der Waals surface area contributed by atoms with Crippen LogP contribution < -0.4 is 9.47 Å². The standard InChI is InChI=1S/C21H25NO3/c1-22-13-5-4-10-18(21(22)23)17-11-7-12-19(25-3)20(17)15-8-6-9-16(14-15)24-2/h6-9,11-12,14,18H,4-5,10,13H2,1-3H3/t18-/m1/s1. The number of methoxy groups -OCH3 is 2. The van der Waals surface area contributed by atoms with Gasteiger partial charge in [0.2, 0.25) is 5.91 Å². The highest BCUT2D eigenvalue weighted by atomic mass is 16.5. The quantitative estimate of drug-likeness (QED) is 0.842. The van der Waals surface area contributed by atoms with E-state index < -0.39 is 0 Å². The molecule has 0 unspecified atom stereocenters. The van der Waals surface area contributed by atoms with E-state index >= 15 is 0 Å². The lowest BCUT2D eigenvalue weighted by atomic mass is 9.86. The third-order valence-electron chi connectivity index (χ3n) is 4.92. The number of nitrogens with zero attached hydrogens (tertiary/aromatic N) is 1. The Hall–Kier alpha value is -2.49.